The van der Waals surface area contributed by atoms with Crippen molar-refractivity contribution in [3.05, 3.63) is 96.1 Å². The Morgan fingerprint density at radius 1 is 1.06 bits per heavy atom. The van der Waals surface area contributed by atoms with E-state index in [4.69, 9.17) is 4.42 Å². The third-order valence-electron chi connectivity index (χ3n) is 4.79. The number of benzene rings is 2. The van der Waals surface area contributed by atoms with E-state index in [2.05, 4.69) is 10.3 Å². The first-order chi connectivity index (χ1) is 15.9. The van der Waals surface area contributed by atoms with Crippen LogP contribution in [0.1, 0.15) is 21.7 Å². The molecule has 0 bridgehead atoms. The number of amides is 1. The zero-order valence-corrected chi connectivity index (χ0v) is 18.2. The molecular weight excluding hydrogens is 451 g/mol. The molecule has 4 rings (SSSR count). The number of thioether (sulfide) groups is 1. The number of rotatable bonds is 8. The molecule has 4 aromatic rings. The average molecular weight is 472 g/mol. The van der Waals surface area contributed by atoms with Crippen molar-refractivity contribution in [3.8, 4) is 11.3 Å². The maximum absolute atomic E-state index is 13.3. The van der Waals surface area contributed by atoms with Crippen LogP contribution >= 0.6 is 11.8 Å². The summed E-state index contributed by atoms with van der Waals surface area (Å²) in [6, 6.07) is 19.3. The first kappa shape index (κ1) is 22.7. The topological polar surface area (TPSA) is 60.1 Å². The minimum atomic E-state index is -4.38. The quantitative estimate of drug-likeness (QED) is 0.324. The van der Waals surface area contributed by atoms with E-state index >= 15 is 0 Å². The van der Waals surface area contributed by atoms with Crippen LogP contribution in [0.2, 0.25) is 0 Å². The Labute approximate surface area is 192 Å². The van der Waals surface area contributed by atoms with Gasteiger partial charge in [0.1, 0.15) is 12.3 Å². The molecular formula is C24H20F3N3O2S. The van der Waals surface area contributed by atoms with E-state index in [-0.39, 0.29) is 17.6 Å². The van der Waals surface area contributed by atoms with E-state index in [9.17, 15) is 18.0 Å². The Morgan fingerprint density at radius 3 is 2.61 bits per heavy atom. The van der Waals surface area contributed by atoms with Crippen LogP contribution in [0.3, 0.4) is 0 Å². The summed E-state index contributed by atoms with van der Waals surface area (Å²) in [4.78, 5) is 16.7. The molecule has 0 saturated carbocycles. The molecule has 0 spiro atoms. The fraction of sp³-hybridized carbons (Fsp3) is 0.167. The number of nitrogens with one attached hydrogen (secondary N) is 1. The summed E-state index contributed by atoms with van der Waals surface area (Å²) in [7, 11) is 0. The third-order valence-corrected chi connectivity index (χ3v) is 5.85. The van der Waals surface area contributed by atoms with Gasteiger partial charge in [-0.1, -0.05) is 54.2 Å². The van der Waals surface area contributed by atoms with Gasteiger partial charge < -0.3 is 14.3 Å². The number of nitrogens with zero attached hydrogens (tertiary/aromatic N) is 2. The highest BCUT2D eigenvalue weighted by Gasteiger charge is 2.30. The maximum Gasteiger partial charge on any atom is 0.406 e. The lowest BCUT2D eigenvalue weighted by atomic mass is 10.1. The molecule has 0 aliphatic heterocycles. The molecule has 33 heavy (non-hydrogen) atoms. The number of alkyl halides is 3. The van der Waals surface area contributed by atoms with Crippen LogP contribution in [0.15, 0.2) is 88.8 Å². The predicted octanol–water partition coefficient (Wildman–Crippen LogP) is 5.93. The molecule has 2 aromatic heterocycles. The van der Waals surface area contributed by atoms with Gasteiger partial charge in [0, 0.05) is 11.3 Å². The number of carbonyl (C=O) groups is 1. The van der Waals surface area contributed by atoms with Crippen LogP contribution < -0.4 is 5.32 Å². The normalized spacial score (nSPS) is 11.5. The highest BCUT2D eigenvalue weighted by atomic mass is 32.2. The Morgan fingerprint density at radius 2 is 1.88 bits per heavy atom. The molecule has 0 unspecified atom stereocenters. The Bertz CT molecular complexity index is 1210. The zero-order chi connectivity index (χ0) is 23.3. The number of imidazole rings is 1. The Kier molecular flexibility index (Phi) is 6.88. The van der Waals surface area contributed by atoms with E-state index < -0.39 is 12.7 Å². The molecule has 1 N–H and O–H groups in total. The van der Waals surface area contributed by atoms with Gasteiger partial charge in [-0.3, -0.25) is 4.79 Å². The molecule has 1 amide bonds. The number of aromatic nitrogens is 2. The van der Waals surface area contributed by atoms with E-state index in [1.165, 1.54) is 28.8 Å². The lowest BCUT2D eigenvalue weighted by Gasteiger charge is -2.14. The molecule has 170 valence electrons. The number of hydrogen-bond donors (Lipinski definition) is 1. The zero-order valence-electron chi connectivity index (χ0n) is 17.4. The second kappa shape index (κ2) is 9.99. The van der Waals surface area contributed by atoms with Crippen LogP contribution in [-0.4, -0.2) is 21.6 Å². The molecule has 0 radical (unpaired) electrons. The molecule has 2 heterocycles. The van der Waals surface area contributed by atoms with Gasteiger partial charge in [0.25, 0.3) is 5.91 Å². The molecule has 0 saturated heterocycles. The van der Waals surface area contributed by atoms with Crippen LogP contribution in [0, 0.1) is 0 Å². The number of halogens is 3. The van der Waals surface area contributed by atoms with Crippen LogP contribution in [-0.2, 0) is 18.8 Å². The number of hydrogen-bond acceptors (Lipinski definition) is 4. The van der Waals surface area contributed by atoms with Gasteiger partial charge in [-0.05, 0) is 35.4 Å². The molecule has 0 aliphatic carbocycles. The van der Waals surface area contributed by atoms with Crippen molar-refractivity contribution < 1.29 is 22.4 Å². The highest BCUT2D eigenvalue weighted by molar-refractivity contribution is 7.98. The van der Waals surface area contributed by atoms with E-state index in [0.29, 0.717) is 28.3 Å². The van der Waals surface area contributed by atoms with Gasteiger partial charge in [-0.2, -0.15) is 13.2 Å². The van der Waals surface area contributed by atoms with Gasteiger partial charge in [0.05, 0.1) is 24.7 Å². The van der Waals surface area contributed by atoms with Crippen molar-refractivity contribution >= 4 is 17.7 Å². The van der Waals surface area contributed by atoms with Gasteiger partial charge in [0.2, 0.25) is 0 Å². The summed E-state index contributed by atoms with van der Waals surface area (Å²) in [5.41, 5.74) is 2.33. The lowest BCUT2D eigenvalue weighted by Crippen LogP contribution is -2.22. The first-order valence-electron chi connectivity index (χ1n) is 10.1. The van der Waals surface area contributed by atoms with E-state index in [1.807, 2.05) is 6.07 Å². The van der Waals surface area contributed by atoms with Gasteiger partial charge in [-0.15, -0.1) is 0 Å². The van der Waals surface area contributed by atoms with E-state index in [0.717, 1.165) is 5.56 Å². The van der Waals surface area contributed by atoms with Crippen molar-refractivity contribution in [2.24, 2.45) is 0 Å². The minimum absolute atomic E-state index is 0.261. The molecule has 0 fully saturated rings. The highest BCUT2D eigenvalue weighted by Crippen LogP contribution is 2.31. The summed E-state index contributed by atoms with van der Waals surface area (Å²) in [6.07, 6.45) is -1.39. The fourth-order valence-electron chi connectivity index (χ4n) is 3.28. The third kappa shape index (κ3) is 6.07. The standard InChI is InChI=1S/C24H20F3N3O2S/c25-24(26,27)16-30-21(18-7-2-1-3-8-18)14-29-23(30)33-15-17-6-4-9-19(12-17)22(31)28-13-20-10-5-11-32-20/h1-12,14H,13,15-16H2,(H,28,31). The summed E-state index contributed by atoms with van der Waals surface area (Å²) in [5.74, 6) is 0.742. The largest absolute Gasteiger partial charge is 0.467 e. The van der Waals surface area contributed by atoms with Crippen molar-refractivity contribution in [2.45, 2.75) is 30.2 Å². The van der Waals surface area contributed by atoms with Crippen molar-refractivity contribution in [2.75, 3.05) is 0 Å². The number of carbonyl (C=O) groups excluding carboxylic acids is 1. The molecule has 9 heteroatoms. The van der Waals surface area contributed by atoms with Gasteiger partial charge >= 0.3 is 6.18 Å². The fourth-order valence-corrected chi connectivity index (χ4v) is 4.20. The van der Waals surface area contributed by atoms with Crippen molar-refractivity contribution in [1.82, 2.24) is 14.9 Å². The van der Waals surface area contributed by atoms with Crippen LogP contribution in [0.5, 0.6) is 0 Å². The summed E-state index contributed by atoms with van der Waals surface area (Å²) < 4.78 is 46.2. The average Bonchev–Trinajstić information content (AvgIpc) is 3.46. The van der Waals surface area contributed by atoms with Crippen molar-refractivity contribution in [3.63, 3.8) is 0 Å². The second-order valence-corrected chi connectivity index (χ2v) is 8.19. The molecule has 5 nitrogen and oxygen atoms in total. The SMILES string of the molecule is O=C(NCc1ccco1)c1cccc(CSc2ncc(-c3ccccc3)n2CC(F)(F)F)c1. The lowest BCUT2D eigenvalue weighted by molar-refractivity contribution is -0.141. The molecule has 0 aliphatic rings. The van der Waals surface area contributed by atoms with Crippen LogP contribution in [0.25, 0.3) is 11.3 Å². The summed E-state index contributed by atoms with van der Waals surface area (Å²) >= 11 is 1.19. The van der Waals surface area contributed by atoms with Gasteiger partial charge in [-0.25, -0.2) is 4.98 Å². The van der Waals surface area contributed by atoms with Gasteiger partial charge in [0.15, 0.2) is 5.16 Å². The Hall–Kier alpha value is -3.46. The van der Waals surface area contributed by atoms with Crippen LogP contribution in [0.4, 0.5) is 13.2 Å². The summed E-state index contributed by atoms with van der Waals surface area (Å²) in [5, 5.41) is 3.04. The molecule has 2 aromatic carbocycles. The maximum atomic E-state index is 13.3. The summed E-state index contributed by atoms with van der Waals surface area (Å²) in [6.45, 7) is -0.864. The molecule has 0 atom stereocenters. The second-order valence-electron chi connectivity index (χ2n) is 7.24. The monoisotopic (exact) mass is 471 g/mol. The smallest absolute Gasteiger partial charge is 0.406 e. The minimum Gasteiger partial charge on any atom is -0.467 e. The predicted molar refractivity (Wildman–Crippen MR) is 120 cm³/mol. The number of furan rings is 1. The Balaban J connectivity index is 1.48. The van der Waals surface area contributed by atoms with E-state index in [1.54, 1.807) is 60.7 Å². The first-order valence-corrected chi connectivity index (χ1v) is 11.1. The van der Waals surface area contributed by atoms with Crippen molar-refractivity contribution in [1.29, 1.82) is 0 Å².